The van der Waals surface area contributed by atoms with Crippen molar-refractivity contribution in [3.8, 4) is 0 Å². The lowest BCUT2D eigenvalue weighted by molar-refractivity contribution is -0.146. The zero-order chi connectivity index (χ0) is 12.3. The van der Waals surface area contributed by atoms with Gasteiger partial charge in [-0.1, -0.05) is 32.9 Å². The van der Waals surface area contributed by atoms with Gasteiger partial charge in [-0.25, -0.2) is 4.79 Å². The summed E-state index contributed by atoms with van der Waals surface area (Å²) in [7, 11) is 0. The number of carbonyl (C=O) groups excluding carboxylic acids is 1. The SMILES string of the molecule is CC(C)(C)C(=O)N[C@H](C(=O)O)[C@@H]1C=CCO1. The summed E-state index contributed by atoms with van der Waals surface area (Å²) in [5.41, 5.74) is -0.615. The van der Waals surface area contributed by atoms with Crippen molar-refractivity contribution >= 4 is 11.9 Å². The number of carboxylic acids is 1. The smallest absolute Gasteiger partial charge is 0.329 e. The van der Waals surface area contributed by atoms with Gasteiger partial charge in [0.1, 0.15) is 6.10 Å². The Morgan fingerprint density at radius 1 is 1.50 bits per heavy atom. The molecule has 0 saturated carbocycles. The molecule has 0 fully saturated rings. The lowest BCUT2D eigenvalue weighted by Crippen LogP contribution is -2.51. The maximum Gasteiger partial charge on any atom is 0.329 e. The van der Waals surface area contributed by atoms with Crippen LogP contribution in [0.2, 0.25) is 0 Å². The molecule has 0 saturated heterocycles. The summed E-state index contributed by atoms with van der Waals surface area (Å²) >= 11 is 0. The molecule has 90 valence electrons. The van der Waals surface area contributed by atoms with Crippen LogP contribution >= 0.6 is 0 Å². The van der Waals surface area contributed by atoms with E-state index in [1.807, 2.05) is 0 Å². The standard InChI is InChI=1S/C11H17NO4/c1-11(2,3)10(15)12-8(9(13)14)7-5-4-6-16-7/h4-5,7-8H,6H2,1-3H3,(H,12,15)(H,13,14)/t7-,8-/m0/s1. The van der Waals surface area contributed by atoms with Gasteiger partial charge >= 0.3 is 5.97 Å². The molecule has 0 aromatic heterocycles. The fraction of sp³-hybridized carbons (Fsp3) is 0.636. The molecule has 1 rings (SSSR count). The van der Waals surface area contributed by atoms with Crippen LogP contribution in [0.5, 0.6) is 0 Å². The fourth-order valence-electron chi connectivity index (χ4n) is 1.26. The van der Waals surface area contributed by atoms with Crippen LogP contribution in [0.15, 0.2) is 12.2 Å². The van der Waals surface area contributed by atoms with Crippen LogP contribution in [-0.4, -0.2) is 35.7 Å². The van der Waals surface area contributed by atoms with Gasteiger partial charge in [0.05, 0.1) is 6.61 Å². The topological polar surface area (TPSA) is 75.6 Å². The Labute approximate surface area is 94.5 Å². The third-order valence-corrected chi connectivity index (χ3v) is 2.27. The summed E-state index contributed by atoms with van der Waals surface area (Å²) in [6.45, 7) is 5.58. The summed E-state index contributed by atoms with van der Waals surface area (Å²) in [6.07, 6.45) is 2.81. The number of nitrogens with one attached hydrogen (secondary N) is 1. The van der Waals surface area contributed by atoms with E-state index in [1.165, 1.54) is 0 Å². The van der Waals surface area contributed by atoms with Gasteiger partial charge in [-0.15, -0.1) is 0 Å². The molecule has 0 radical (unpaired) electrons. The number of ether oxygens (including phenoxy) is 1. The van der Waals surface area contributed by atoms with Crippen LogP contribution in [0.3, 0.4) is 0 Å². The Bertz CT molecular complexity index is 316. The van der Waals surface area contributed by atoms with Crippen LogP contribution in [0.1, 0.15) is 20.8 Å². The summed E-state index contributed by atoms with van der Waals surface area (Å²) in [5, 5.41) is 11.5. The van der Waals surface area contributed by atoms with E-state index in [-0.39, 0.29) is 5.91 Å². The second-order valence-electron chi connectivity index (χ2n) is 4.77. The summed E-state index contributed by atoms with van der Waals surface area (Å²) in [6, 6.07) is -1.02. The number of aliphatic carboxylic acids is 1. The highest BCUT2D eigenvalue weighted by molar-refractivity contribution is 5.87. The van der Waals surface area contributed by atoms with E-state index in [9.17, 15) is 9.59 Å². The Balaban J connectivity index is 2.69. The Hall–Kier alpha value is -1.36. The van der Waals surface area contributed by atoms with Gasteiger partial charge in [-0.2, -0.15) is 0 Å². The highest BCUT2D eigenvalue weighted by atomic mass is 16.5. The number of carboxylic acid groups (broad SMARTS) is 1. The van der Waals surface area contributed by atoms with Crippen molar-refractivity contribution in [2.75, 3.05) is 6.61 Å². The summed E-state index contributed by atoms with van der Waals surface area (Å²) in [4.78, 5) is 22.7. The molecule has 0 aromatic rings. The molecule has 16 heavy (non-hydrogen) atoms. The molecule has 5 heteroatoms. The quantitative estimate of drug-likeness (QED) is 0.691. The van der Waals surface area contributed by atoms with Gasteiger partial charge in [0.2, 0.25) is 5.91 Å². The van der Waals surface area contributed by atoms with Crippen molar-refractivity contribution in [2.45, 2.75) is 32.9 Å². The average Bonchev–Trinajstić information content (AvgIpc) is 2.63. The van der Waals surface area contributed by atoms with Crippen molar-refractivity contribution in [3.63, 3.8) is 0 Å². The number of hydrogen-bond acceptors (Lipinski definition) is 3. The Kier molecular flexibility index (Phi) is 3.70. The second kappa shape index (κ2) is 4.65. The molecule has 2 atom stereocenters. The van der Waals surface area contributed by atoms with E-state index in [4.69, 9.17) is 9.84 Å². The molecule has 1 aliphatic heterocycles. The third-order valence-electron chi connectivity index (χ3n) is 2.27. The molecule has 0 spiro atoms. The predicted octanol–water partition coefficient (Wildman–Crippen LogP) is 0.557. The molecule has 0 aromatic carbocycles. The van der Waals surface area contributed by atoms with Gasteiger partial charge in [-0.3, -0.25) is 4.79 Å². The van der Waals surface area contributed by atoms with Crippen LogP contribution in [0, 0.1) is 5.41 Å². The van der Waals surface area contributed by atoms with E-state index < -0.39 is 23.5 Å². The number of rotatable bonds is 3. The molecule has 2 N–H and O–H groups in total. The van der Waals surface area contributed by atoms with Gasteiger partial charge in [0.15, 0.2) is 6.04 Å². The first kappa shape index (κ1) is 12.7. The zero-order valence-electron chi connectivity index (χ0n) is 9.69. The van der Waals surface area contributed by atoms with Gasteiger partial charge in [0, 0.05) is 5.41 Å². The maximum absolute atomic E-state index is 11.7. The minimum absolute atomic E-state index is 0.302. The van der Waals surface area contributed by atoms with Gasteiger partial charge in [-0.05, 0) is 0 Å². The van der Waals surface area contributed by atoms with E-state index in [0.717, 1.165) is 0 Å². The molecular weight excluding hydrogens is 210 g/mol. The largest absolute Gasteiger partial charge is 0.480 e. The lowest BCUT2D eigenvalue weighted by atomic mass is 9.95. The number of hydrogen-bond donors (Lipinski definition) is 2. The molecule has 1 amide bonds. The first-order valence-corrected chi connectivity index (χ1v) is 5.14. The van der Waals surface area contributed by atoms with E-state index >= 15 is 0 Å². The maximum atomic E-state index is 11.7. The normalized spacial score (nSPS) is 21.8. The van der Waals surface area contributed by atoms with Crippen LogP contribution in [0.4, 0.5) is 0 Å². The fourth-order valence-corrected chi connectivity index (χ4v) is 1.26. The van der Waals surface area contributed by atoms with Crippen LogP contribution in [-0.2, 0) is 14.3 Å². The van der Waals surface area contributed by atoms with Gasteiger partial charge in [0.25, 0.3) is 0 Å². The lowest BCUT2D eigenvalue weighted by Gasteiger charge is -2.24. The van der Waals surface area contributed by atoms with Crippen LogP contribution < -0.4 is 5.32 Å². The minimum Gasteiger partial charge on any atom is -0.480 e. The molecule has 0 bridgehead atoms. The molecule has 1 aliphatic rings. The molecule has 0 aliphatic carbocycles. The van der Waals surface area contributed by atoms with Gasteiger partial charge < -0.3 is 15.2 Å². The highest BCUT2D eigenvalue weighted by Gasteiger charge is 2.33. The highest BCUT2D eigenvalue weighted by Crippen LogP contribution is 2.15. The van der Waals surface area contributed by atoms with Crippen molar-refractivity contribution in [2.24, 2.45) is 5.41 Å². The van der Waals surface area contributed by atoms with Crippen molar-refractivity contribution < 1.29 is 19.4 Å². The predicted molar refractivity (Wildman–Crippen MR) is 57.9 cm³/mol. The second-order valence-corrected chi connectivity index (χ2v) is 4.77. The van der Waals surface area contributed by atoms with Crippen LogP contribution in [0.25, 0.3) is 0 Å². The summed E-state index contributed by atoms with van der Waals surface area (Å²) < 4.78 is 5.18. The Morgan fingerprint density at radius 3 is 2.50 bits per heavy atom. The van der Waals surface area contributed by atoms with E-state index in [2.05, 4.69) is 5.32 Å². The molecular formula is C11H17NO4. The van der Waals surface area contributed by atoms with E-state index in [1.54, 1.807) is 32.9 Å². The molecule has 5 nitrogen and oxygen atoms in total. The third kappa shape index (κ3) is 3.06. The Morgan fingerprint density at radius 2 is 2.12 bits per heavy atom. The first-order valence-electron chi connectivity index (χ1n) is 5.14. The zero-order valence-corrected chi connectivity index (χ0v) is 9.69. The number of amides is 1. The number of carbonyl (C=O) groups is 2. The molecule has 0 unspecified atom stereocenters. The monoisotopic (exact) mass is 227 g/mol. The first-order chi connectivity index (χ1) is 7.32. The summed E-state index contributed by atoms with van der Waals surface area (Å²) in [5.74, 6) is -1.39. The van der Waals surface area contributed by atoms with Crippen molar-refractivity contribution in [1.82, 2.24) is 5.32 Å². The van der Waals surface area contributed by atoms with Crippen molar-refractivity contribution in [1.29, 1.82) is 0 Å². The minimum atomic E-state index is -1.09. The van der Waals surface area contributed by atoms with E-state index in [0.29, 0.717) is 6.61 Å². The molecule has 1 heterocycles. The average molecular weight is 227 g/mol. The van der Waals surface area contributed by atoms with Crippen molar-refractivity contribution in [3.05, 3.63) is 12.2 Å².